The van der Waals surface area contributed by atoms with Gasteiger partial charge in [0.05, 0.1) is 4.90 Å². The number of halogens is 2. The number of fused-ring (bicyclic) bond motifs is 4. The van der Waals surface area contributed by atoms with Crippen LogP contribution >= 0.6 is 11.6 Å². The molecule has 0 radical (unpaired) electrons. The first kappa shape index (κ1) is 20.4. The second-order valence-corrected chi connectivity index (χ2v) is 10.5. The van der Waals surface area contributed by atoms with Crippen molar-refractivity contribution in [2.24, 2.45) is 5.92 Å². The molecule has 0 saturated carbocycles. The van der Waals surface area contributed by atoms with E-state index in [1.54, 1.807) is 22.8 Å². The Morgan fingerprint density at radius 2 is 1.61 bits per heavy atom. The van der Waals surface area contributed by atoms with Gasteiger partial charge in [0.25, 0.3) is 5.56 Å². The Hall–Kier alpha value is -2.48. The van der Waals surface area contributed by atoms with Gasteiger partial charge < -0.3 is 4.57 Å². The molecule has 3 aromatic rings. The number of aromatic nitrogens is 1. The summed E-state index contributed by atoms with van der Waals surface area (Å²) in [6.45, 7) is 1.09. The van der Waals surface area contributed by atoms with E-state index in [2.05, 4.69) is 0 Å². The highest BCUT2D eigenvalue weighted by Gasteiger charge is 2.40. The lowest BCUT2D eigenvalue weighted by Crippen LogP contribution is -2.49. The Morgan fingerprint density at radius 1 is 0.903 bits per heavy atom. The van der Waals surface area contributed by atoms with Crippen LogP contribution in [0.1, 0.15) is 18.0 Å². The van der Waals surface area contributed by atoms with Crippen LogP contribution in [0.25, 0.3) is 11.1 Å². The highest BCUT2D eigenvalue weighted by atomic mass is 35.5. The van der Waals surface area contributed by atoms with Crippen molar-refractivity contribution in [2.75, 3.05) is 13.1 Å². The standard InChI is InChI=1S/C23H20ClFN2O3S/c24-18-3-1-16(2-4-18)21-9-10-22(28)27-13-15-11-17(23(21)27)14-26(12-15)31(29,30)20-7-5-19(25)6-8-20/h1-10,15,17H,11-14H2. The van der Waals surface area contributed by atoms with Crippen molar-refractivity contribution in [3.63, 3.8) is 0 Å². The lowest BCUT2D eigenvalue weighted by molar-refractivity contribution is 0.187. The van der Waals surface area contributed by atoms with Crippen LogP contribution in [0.2, 0.25) is 5.02 Å². The molecule has 2 aliphatic heterocycles. The molecule has 1 aromatic heterocycles. The van der Waals surface area contributed by atoms with E-state index in [1.807, 2.05) is 18.2 Å². The first-order valence-electron chi connectivity index (χ1n) is 10.1. The molecule has 2 bridgehead atoms. The van der Waals surface area contributed by atoms with E-state index in [0.717, 1.165) is 35.4 Å². The van der Waals surface area contributed by atoms with Crippen LogP contribution in [0.4, 0.5) is 4.39 Å². The fraction of sp³-hybridized carbons (Fsp3) is 0.261. The molecule has 1 fully saturated rings. The number of nitrogens with zero attached hydrogens (tertiary/aromatic N) is 2. The van der Waals surface area contributed by atoms with Gasteiger partial charge in [0.15, 0.2) is 0 Å². The molecule has 3 heterocycles. The maximum Gasteiger partial charge on any atom is 0.250 e. The summed E-state index contributed by atoms with van der Waals surface area (Å²) in [5, 5.41) is 0.625. The van der Waals surface area contributed by atoms with E-state index >= 15 is 0 Å². The van der Waals surface area contributed by atoms with Crippen LogP contribution in [0.5, 0.6) is 0 Å². The van der Waals surface area contributed by atoms with Gasteiger partial charge in [-0.05, 0) is 60.4 Å². The Balaban J connectivity index is 1.56. The highest BCUT2D eigenvalue weighted by molar-refractivity contribution is 7.89. The molecule has 5 nitrogen and oxygen atoms in total. The molecule has 0 amide bonds. The molecule has 8 heteroatoms. The smallest absolute Gasteiger partial charge is 0.250 e. The largest absolute Gasteiger partial charge is 0.311 e. The third-order valence-electron chi connectivity index (χ3n) is 6.16. The zero-order valence-electron chi connectivity index (χ0n) is 16.5. The Morgan fingerprint density at radius 3 is 2.32 bits per heavy atom. The number of hydrogen-bond acceptors (Lipinski definition) is 3. The molecule has 2 aromatic carbocycles. The topological polar surface area (TPSA) is 59.4 Å². The third kappa shape index (κ3) is 3.60. The van der Waals surface area contributed by atoms with Crippen LogP contribution in [0, 0.1) is 11.7 Å². The van der Waals surface area contributed by atoms with Crippen LogP contribution in [0.15, 0.2) is 70.4 Å². The van der Waals surface area contributed by atoms with Gasteiger partial charge in [-0.25, -0.2) is 12.8 Å². The molecule has 2 unspecified atom stereocenters. The minimum Gasteiger partial charge on any atom is -0.311 e. The second kappa shape index (κ2) is 7.58. The molecule has 31 heavy (non-hydrogen) atoms. The fourth-order valence-electron chi connectivity index (χ4n) is 4.80. The number of hydrogen-bond donors (Lipinski definition) is 0. The fourth-order valence-corrected chi connectivity index (χ4v) is 6.48. The predicted molar refractivity (Wildman–Crippen MR) is 117 cm³/mol. The molecule has 1 saturated heterocycles. The SMILES string of the molecule is O=c1ccc(-c2ccc(Cl)cc2)c2n1CC1CC2CN(S(=O)(=O)c2ccc(F)cc2)C1. The summed E-state index contributed by atoms with van der Waals surface area (Å²) in [7, 11) is -3.75. The minimum atomic E-state index is -3.75. The summed E-state index contributed by atoms with van der Waals surface area (Å²) in [6, 6.07) is 15.7. The van der Waals surface area contributed by atoms with Crippen molar-refractivity contribution < 1.29 is 12.8 Å². The summed E-state index contributed by atoms with van der Waals surface area (Å²) in [5.41, 5.74) is 2.65. The molecule has 0 aliphatic carbocycles. The summed E-state index contributed by atoms with van der Waals surface area (Å²) in [5.74, 6) is -0.544. The average molecular weight is 459 g/mol. The second-order valence-electron chi connectivity index (χ2n) is 8.16. The summed E-state index contributed by atoms with van der Waals surface area (Å²) in [4.78, 5) is 12.7. The molecular formula is C23H20ClFN2O3S. The molecule has 160 valence electrons. The summed E-state index contributed by atoms with van der Waals surface area (Å²) in [6.07, 6.45) is 0.819. The normalized spacial score (nSPS) is 21.0. The third-order valence-corrected chi connectivity index (χ3v) is 8.26. The molecule has 2 aliphatic rings. The van der Waals surface area contributed by atoms with Gasteiger partial charge in [0.2, 0.25) is 10.0 Å². The van der Waals surface area contributed by atoms with Crippen LogP contribution in [0.3, 0.4) is 0 Å². The number of piperidine rings is 1. The van der Waals surface area contributed by atoms with E-state index in [-0.39, 0.29) is 28.8 Å². The predicted octanol–water partition coefficient (Wildman–Crippen LogP) is 4.12. The summed E-state index contributed by atoms with van der Waals surface area (Å²) >= 11 is 6.04. The zero-order chi connectivity index (χ0) is 21.8. The maximum atomic E-state index is 13.3. The van der Waals surface area contributed by atoms with E-state index in [1.165, 1.54) is 16.4 Å². The average Bonchev–Trinajstić information content (AvgIpc) is 2.75. The van der Waals surface area contributed by atoms with Crippen molar-refractivity contribution in [3.05, 3.63) is 87.6 Å². The van der Waals surface area contributed by atoms with Gasteiger partial charge >= 0.3 is 0 Å². The number of pyridine rings is 1. The van der Waals surface area contributed by atoms with E-state index in [9.17, 15) is 17.6 Å². The van der Waals surface area contributed by atoms with Gasteiger partial charge in [-0.1, -0.05) is 23.7 Å². The molecule has 0 spiro atoms. The van der Waals surface area contributed by atoms with Crippen LogP contribution in [-0.2, 0) is 16.6 Å². The zero-order valence-corrected chi connectivity index (χ0v) is 18.1. The molecular weight excluding hydrogens is 439 g/mol. The van der Waals surface area contributed by atoms with Gasteiger partial charge in [0.1, 0.15) is 5.82 Å². The van der Waals surface area contributed by atoms with Crippen molar-refractivity contribution in [1.29, 1.82) is 0 Å². The van der Waals surface area contributed by atoms with Crippen molar-refractivity contribution in [1.82, 2.24) is 8.87 Å². The molecule has 2 atom stereocenters. The minimum absolute atomic E-state index is 0.0413. The quantitative estimate of drug-likeness (QED) is 0.593. The first-order valence-corrected chi connectivity index (χ1v) is 11.9. The van der Waals surface area contributed by atoms with Crippen LogP contribution < -0.4 is 5.56 Å². The lowest BCUT2D eigenvalue weighted by atomic mass is 9.81. The molecule has 5 rings (SSSR count). The van der Waals surface area contributed by atoms with Gasteiger partial charge in [-0.3, -0.25) is 4.79 Å². The number of sulfonamides is 1. The van der Waals surface area contributed by atoms with E-state index in [4.69, 9.17) is 11.6 Å². The molecule has 0 N–H and O–H groups in total. The monoisotopic (exact) mass is 458 g/mol. The highest BCUT2D eigenvalue weighted by Crippen LogP contribution is 2.41. The van der Waals surface area contributed by atoms with Gasteiger partial charge in [-0.2, -0.15) is 4.31 Å². The van der Waals surface area contributed by atoms with E-state index in [0.29, 0.717) is 18.1 Å². The Kier molecular flexibility index (Phi) is 5.00. The number of benzene rings is 2. The van der Waals surface area contributed by atoms with Crippen molar-refractivity contribution >= 4 is 21.6 Å². The Bertz CT molecular complexity index is 1300. The van der Waals surface area contributed by atoms with Gasteiger partial charge in [-0.15, -0.1) is 0 Å². The summed E-state index contributed by atoms with van der Waals surface area (Å²) < 4.78 is 43.0. The van der Waals surface area contributed by atoms with Crippen molar-refractivity contribution in [2.45, 2.75) is 23.8 Å². The van der Waals surface area contributed by atoms with Gasteiger partial charge in [0, 0.05) is 47.9 Å². The van der Waals surface area contributed by atoms with E-state index < -0.39 is 15.8 Å². The Labute approximate surface area is 184 Å². The van der Waals surface area contributed by atoms with Crippen LogP contribution in [-0.4, -0.2) is 30.4 Å². The number of rotatable bonds is 3. The lowest BCUT2D eigenvalue weighted by Gasteiger charge is -2.42. The first-order chi connectivity index (χ1) is 14.8. The van der Waals surface area contributed by atoms with Crippen molar-refractivity contribution in [3.8, 4) is 11.1 Å². The maximum absolute atomic E-state index is 13.3.